The molecule has 1 aliphatic carbocycles. The molecule has 0 bridgehead atoms. The van der Waals surface area contributed by atoms with Crippen LogP contribution in [0.2, 0.25) is 0 Å². The monoisotopic (exact) mass is 579 g/mol. The zero-order valence-electron chi connectivity index (χ0n) is 25.9. The number of nitriles is 1. The third-order valence-electron chi connectivity index (χ3n) is 7.76. The third-order valence-corrected chi connectivity index (χ3v) is 7.76. The maximum absolute atomic E-state index is 9.08. The van der Waals surface area contributed by atoms with Crippen LogP contribution in [0.4, 0.5) is 0 Å². The molecule has 0 aromatic rings. The molecule has 1 saturated heterocycles. The lowest BCUT2D eigenvalue weighted by molar-refractivity contribution is -0.174. The maximum Gasteiger partial charge on any atom is 0.149 e. The average Bonchev–Trinajstić information content (AvgIpc) is 2.86. The molecule has 7 heteroatoms. The van der Waals surface area contributed by atoms with Gasteiger partial charge in [0.25, 0.3) is 0 Å². The van der Waals surface area contributed by atoms with Crippen molar-refractivity contribution in [1.29, 1.82) is 5.26 Å². The number of likely N-dealkylation sites (tertiary alicyclic amines) is 1. The minimum Gasteiger partial charge on any atom is -0.396 e. The summed E-state index contributed by atoms with van der Waals surface area (Å²) in [6, 6.07) is 2.73. The lowest BCUT2D eigenvalue weighted by atomic mass is 9.77. The number of rotatable bonds is 14. The molecule has 0 aromatic heterocycles. The van der Waals surface area contributed by atoms with Crippen LogP contribution in [0.5, 0.6) is 0 Å². The second-order valence-corrected chi connectivity index (χ2v) is 13.0. The summed E-state index contributed by atoms with van der Waals surface area (Å²) < 4.78 is 10.7. The van der Waals surface area contributed by atoms with Crippen molar-refractivity contribution in [3.05, 3.63) is 36.5 Å². The summed E-state index contributed by atoms with van der Waals surface area (Å²) in [7, 11) is 0. The molecule has 1 aliphatic heterocycles. The first kappa shape index (κ1) is 41.6. The Morgan fingerprint density at radius 1 is 1.10 bits per heavy atom. The third kappa shape index (κ3) is 16.6. The van der Waals surface area contributed by atoms with E-state index in [0.29, 0.717) is 31.4 Å². The van der Waals surface area contributed by atoms with Crippen molar-refractivity contribution >= 4 is 0 Å². The topological polar surface area (TPSA) is 89.2 Å². The maximum atomic E-state index is 9.08. The normalized spacial score (nSPS) is 21.0. The number of hydrogen-bond donors (Lipinski definition) is 2. The summed E-state index contributed by atoms with van der Waals surface area (Å²) in [5.41, 5.74) is 0.157. The number of allylic oxidation sites excluding steroid dienone is 4. The number of hydrogen-bond acceptors (Lipinski definition) is 7. The highest BCUT2D eigenvalue weighted by Gasteiger charge is 2.41. The summed E-state index contributed by atoms with van der Waals surface area (Å²) >= 11 is 0. The first-order valence-electron chi connectivity index (χ1n) is 14.7. The predicted octanol–water partition coefficient (Wildman–Crippen LogP) is 6.64. The molecular weight excluding hydrogens is 514 g/mol. The molecular formula is C34H65N3O4. The highest BCUT2D eigenvalue weighted by atomic mass is 16.7. The molecule has 1 heterocycles. The van der Waals surface area contributed by atoms with Gasteiger partial charge in [0, 0.05) is 37.6 Å². The van der Waals surface area contributed by atoms with E-state index in [9.17, 15) is 0 Å². The fourth-order valence-corrected chi connectivity index (χ4v) is 5.07. The lowest BCUT2D eigenvalue weighted by Gasteiger charge is -2.47. The van der Waals surface area contributed by atoms with Gasteiger partial charge in [-0.15, -0.1) is 0 Å². The van der Waals surface area contributed by atoms with Crippen molar-refractivity contribution in [2.45, 2.75) is 101 Å². The van der Waals surface area contributed by atoms with Crippen molar-refractivity contribution in [3.8, 4) is 6.07 Å². The van der Waals surface area contributed by atoms with Gasteiger partial charge in [-0.1, -0.05) is 47.4 Å². The van der Waals surface area contributed by atoms with Crippen LogP contribution in [-0.2, 0) is 9.47 Å². The smallest absolute Gasteiger partial charge is 0.149 e. The largest absolute Gasteiger partial charge is 0.396 e. The molecule has 2 N–H and O–H groups in total. The Morgan fingerprint density at radius 2 is 1.68 bits per heavy atom. The van der Waals surface area contributed by atoms with E-state index in [0.717, 1.165) is 24.3 Å². The highest BCUT2D eigenvalue weighted by molar-refractivity contribution is 5.35. The first-order chi connectivity index (χ1) is 18.4. The van der Waals surface area contributed by atoms with Gasteiger partial charge in [-0.05, 0) is 90.2 Å². The molecule has 41 heavy (non-hydrogen) atoms. The molecule has 0 aromatic carbocycles. The van der Waals surface area contributed by atoms with Gasteiger partial charge < -0.3 is 19.7 Å². The van der Waals surface area contributed by atoms with Crippen LogP contribution in [0.1, 0.15) is 89.0 Å². The second kappa shape index (κ2) is 21.2. The van der Waals surface area contributed by atoms with E-state index in [1.54, 1.807) is 12.2 Å². The molecule has 0 atom stereocenters. The van der Waals surface area contributed by atoms with Crippen LogP contribution >= 0.6 is 0 Å². The number of ether oxygens (including phenoxy) is 2. The SMILES string of the molecule is C.C.C=C/C=C(C#N)\C=C/CN(CC1CCC(C(C)C)CC1)C(C)C.CC(C)(C)OCOCN1CC(CO)(CO)C1. The van der Waals surface area contributed by atoms with Gasteiger partial charge in [0.1, 0.15) is 13.5 Å². The number of aliphatic hydroxyl groups is 2. The molecule has 0 unspecified atom stereocenters. The zero-order chi connectivity index (χ0) is 29.5. The van der Waals surface area contributed by atoms with Crippen LogP contribution < -0.4 is 0 Å². The minimum atomic E-state index is -0.325. The molecule has 0 radical (unpaired) electrons. The van der Waals surface area contributed by atoms with E-state index in [1.807, 2.05) is 31.7 Å². The van der Waals surface area contributed by atoms with E-state index in [2.05, 4.69) is 51.3 Å². The fourth-order valence-electron chi connectivity index (χ4n) is 5.07. The summed E-state index contributed by atoms with van der Waals surface area (Å²) in [6.07, 6.45) is 13.0. The number of nitrogens with zero attached hydrogens (tertiary/aromatic N) is 3. The Morgan fingerprint density at radius 3 is 2.12 bits per heavy atom. The number of aliphatic hydroxyl groups excluding tert-OH is 2. The van der Waals surface area contributed by atoms with Crippen molar-refractivity contribution < 1.29 is 19.7 Å². The second-order valence-electron chi connectivity index (χ2n) is 13.0. The van der Waals surface area contributed by atoms with Crippen LogP contribution in [0.3, 0.4) is 0 Å². The van der Waals surface area contributed by atoms with Gasteiger partial charge in [-0.2, -0.15) is 5.26 Å². The summed E-state index contributed by atoms with van der Waals surface area (Å²) in [6.45, 7) is 23.1. The average molecular weight is 580 g/mol. The van der Waals surface area contributed by atoms with E-state index in [-0.39, 0.29) is 45.9 Å². The molecule has 0 amide bonds. The lowest BCUT2D eigenvalue weighted by Crippen LogP contribution is -2.60. The summed E-state index contributed by atoms with van der Waals surface area (Å²) in [5.74, 6) is 2.60. The van der Waals surface area contributed by atoms with Crippen LogP contribution in [0, 0.1) is 34.5 Å². The Hall–Kier alpha value is -1.53. The first-order valence-corrected chi connectivity index (χ1v) is 14.7. The molecule has 1 saturated carbocycles. The van der Waals surface area contributed by atoms with Crippen molar-refractivity contribution in [3.63, 3.8) is 0 Å². The van der Waals surface area contributed by atoms with Crippen LogP contribution in [-0.4, -0.2) is 84.6 Å². The zero-order valence-corrected chi connectivity index (χ0v) is 25.9. The van der Waals surface area contributed by atoms with E-state index in [4.69, 9.17) is 24.9 Å². The minimum absolute atomic E-state index is 0. The van der Waals surface area contributed by atoms with Crippen molar-refractivity contribution in [2.24, 2.45) is 23.2 Å². The molecule has 2 aliphatic rings. The van der Waals surface area contributed by atoms with Gasteiger partial charge in [0.15, 0.2) is 0 Å². The standard InChI is InChI=1S/C21H34N2.C11H23NO4.2CH4/c1-6-8-19(15-22)9-7-14-23(18(4)5)16-20-10-12-21(13-11-20)17(2)3;1-10(2,3)16-9-15-8-12-4-11(5-12,6-13)7-14;;/h6-9,17-18,20-21H,1,10-14,16H2,2-5H3;13-14H,4-9H2,1-3H3;2*1H4/b9-7-,19-8+;;;. The van der Waals surface area contributed by atoms with E-state index in [1.165, 1.54) is 32.2 Å². The van der Waals surface area contributed by atoms with Gasteiger partial charge in [0.05, 0.1) is 30.5 Å². The highest BCUT2D eigenvalue weighted by Crippen LogP contribution is 2.34. The van der Waals surface area contributed by atoms with Crippen molar-refractivity contribution in [1.82, 2.24) is 9.80 Å². The van der Waals surface area contributed by atoms with Gasteiger partial charge >= 0.3 is 0 Å². The van der Waals surface area contributed by atoms with Gasteiger partial charge in [0.2, 0.25) is 0 Å². The summed E-state index contributed by atoms with van der Waals surface area (Å²) in [5, 5.41) is 27.2. The molecule has 240 valence electrons. The molecule has 2 fully saturated rings. The summed E-state index contributed by atoms with van der Waals surface area (Å²) in [4.78, 5) is 4.55. The predicted molar refractivity (Wildman–Crippen MR) is 173 cm³/mol. The Balaban J connectivity index is 0. The fraction of sp³-hybridized carbons (Fsp3) is 0.794. The van der Waals surface area contributed by atoms with Crippen LogP contribution in [0.15, 0.2) is 36.5 Å². The molecule has 7 nitrogen and oxygen atoms in total. The van der Waals surface area contributed by atoms with Gasteiger partial charge in [-0.25, -0.2) is 0 Å². The van der Waals surface area contributed by atoms with Crippen molar-refractivity contribution in [2.75, 3.05) is 52.9 Å². The van der Waals surface area contributed by atoms with E-state index >= 15 is 0 Å². The Labute approximate surface area is 253 Å². The quantitative estimate of drug-likeness (QED) is 0.103. The Bertz CT molecular complexity index is 775. The molecule has 2 rings (SSSR count). The Kier molecular flexibility index (Phi) is 21.5. The van der Waals surface area contributed by atoms with Crippen LogP contribution in [0.25, 0.3) is 0 Å². The van der Waals surface area contributed by atoms with E-state index < -0.39 is 0 Å². The van der Waals surface area contributed by atoms with Gasteiger partial charge in [-0.3, -0.25) is 9.80 Å². The molecule has 0 spiro atoms.